The first kappa shape index (κ1) is 18.7. The van der Waals surface area contributed by atoms with Crippen molar-refractivity contribution in [2.75, 3.05) is 27.2 Å². The van der Waals surface area contributed by atoms with Crippen molar-refractivity contribution in [3.05, 3.63) is 59.5 Å². The second-order valence-corrected chi connectivity index (χ2v) is 7.36. The smallest absolute Gasteiger partial charge is 0.242 e. The van der Waals surface area contributed by atoms with Gasteiger partial charge < -0.3 is 9.73 Å². The minimum atomic E-state index is -0.252. The van der Waals surface area contributed by atoms with Gasteiger partial charge in [-0.05, 0) is 57.1 Å². The molecule has 1 aliphatic heterocycles. The Morgan fingerprint density at radius 3 is 2.58 bits per heavy atom. The maximum absolute atomic E-state index is 13.0. The molecule has 3 rings (SSSR count). The molecule has 140 valence electrons. The lowest BCUT2D eigenvalue weighted by Gasteiger charge is -2.33. The van der Waals surface area contributed by atoms with E-state index in [1.807, 2.05) is 49.3 Å². The van der Waals surface area contributed by atoms with Crippen LogP contribution in [-0.4, -0.2) is 48.9 Å². The van der Waals surface area contributed by atoms with Crippen LogP contribution in [0.15, 0.2) is 47.1 Å². The summed E-state index contributed by atoms with van der Waals surface area (Å²) in [5.74, 6) is 1.09. The highest BCUT2D eigenvalue weighted by Gasteiger charge is 2.28. The zero-order valence-electron chi connectivity index (χ0n) is 15.9. The van der Waals surface area contributed by atoms with Crippen LogP contribution in [0, 0.1) is 6.92 Å². The molecular formula is C21H29N3O2. The van der Waals surface area contributed by atoms with Gasteiger partial charge in [0, 0.05) is 19.1 Å². The van der Waals surface area contributed by atoms with Crippen LogP contribution >= 0.6 is 0 Å². The molecule has 2 aromatic rings. The molecule has 0 radical (unpaired) electrons. The molecule has 1 atom stereocenters. The summed E-state index contributed by atoms with van der Waals surface area (Å²) < 4.78 is 5.43. The number of nitrogens with one attached hydrogen (secondary N) is 1. The molecule has 1 saturated heterocycles. The summed E-state index contributed by atoms with van der Waals surface area (Å²) in [7, 11) is 3.92. The number of piperidine rings is 1. The summed E-state index contributed by atoms with van der Waals surface area (Å²) in [6, 6.07) is 12.0. The van der Waals surface area contributed by atoms with Gasteiger partial charge in [0.05, 0.1) is 12.8 Å². The van der Waals surface area contributed by atoms with Crippen molar-refractivity contribution in [3.63, 3.8) is 0 Å². The molecule has 5 nitrogen and oxygen atoms in total. The monoisotopic (exact) mass is 355 g/mol. The number of likely N-dealkylation sites (tertiary alicyclic amines) is 1. The van der Waals surface area contributed by atoms with E-state index in [1.54, 1.807) is 6.26 Å². The molecular weight excluding hydrogens is 326 g/mol. The van der Waals surface area contributed by atoms with E-state index < -0.39 is 0 Å². The zero-order chi connectivity index (χ0) is 18.5. The molecule has 1 aromatic heterocycles. The highest BCUT2D eigenvalue weighted by Crippen LogP contribution is 2.23. The molecule has 1 N–H and O–H groups in total. The van der Waals surface area contributed by atoms with E-state index in [-0.39, 0.29) is 18.0 Å². The van der Waals surface area contributed by atoms with Crippen LogP contribution in [0.3, 0.4) is 0 Å². The molecule has 26 heavy (non-hydrogen) atoms. The van der Waals surface area contributed by atoms with Crippen LogP contribution in [0.1, 0.15) is 35.8 Å². The Balaban J connectivity index is 1.56. The predicted octanol–water partition coefficient (Wildman–Crippen LogP) is 2.97. The Bertz CT molecular complexity index is 704. The fourth-order valence-corrected chi connectivity index (χ4v) is 3.69. The first-order chi connectivity index (χ1) is 12.5. The Labute approximate surface area is 156 Å². The van der Waals surface area contributed by atoms with E-state index in [4.69, 9.17) is 4.42 Å². The Morgan fingerprint density at radius 2 is 1.96 bits per heavy atom. The number of likely N-dealkylation sites (N-methyl/N-ethyl adjacent to an activating group) is 1. The molecule has 0 aliphatic carbocycles. The van der Waals surface area contributed by atoms with Crippen LogP contribution in [0.4, 0.5) is 0 Å². The summed E-state index contributed by atoms with van der Waals surface area (Å²) in [6.07, 6.45) is 3.66. The Hall–Kier alpha value is -2.11. The second kappa shape index (κ2) is 8.52. The molecule has 1 fully saturated rings. The molecule has 1 amide bonds. The number of rotatable bonds is 6. The number of carbonyl (C=O) groups excluding carboxylic acids is 1. The fourth-order valence-electron chi connectivity index (χ4n) is 3.69. The van der Waals surface area contributed by atoms with Gasteiger partial charge in [0.15, 0.2) is 0 Å². The van der Waals surface area contributed by atoms with Crippen LogP contribution < -0.4 is 5.32 Å². The Morgan fingerprint density at radius 1 is 1.23 bits per heavy atom. The molecule has 5 heteroatoms. The maximum atomic E-state index is 13.0. The minimum Gasteiger partial charge on any atom is -0.468 e. The van der Waals surface area contributed by atoms with Gasteiger partial charge in [0.2, 0.25) is 5.91 Å². The van der Waals surface area contributed by atoms with Crippen molar-refractivity contribution in [2.24, 2.45) is 0 Å². The highest BCUT2D eigenvalue weighted by molar-refractivity contribution is 5.83. The van der Waals surface area contributed by atoms with Crippen molar-refractivity contribution < 1.29 is 9.21 Å². The van der Waals surface area contributed by atoms with Gasteiger partial charge in [-0.3, -0.25) is 14.6 Å². The number of hydrogen-bond acceptors (Lipinski definition) is 4. The van der Waals surface area contributed by atoms with Crippen molar-refractivity contribution in [2.45, 2.75) is 38.4 Å². The highest BCUT2D eigenvalue weighted by atomic mass is 16.3. The first-order valence-corrected chi connectivity index (χ1v) is 9.31. The Kier molecular flexibility index (Phi) is 6.12. The fraction of sp³-hybridized carbons (Fsp3) is 0.476. The van der Waals surface area contributed by atoms with Crippen LogP contribution in [0.25, 0.3) is 0 Å². The number of aryl methyl sites for hydroxylation is 1. The van der Waals surface area contributed by atoms with E-state index in [0.717, 1.165) is 49.4 Å². The van der Waals surface area contributed by atoms with Crippen molar-refractivity contribution in [1.29, 1.82) is 0 Å². The van der Waals surface area contributed by atoms with Crippen molar-refractivity contribution >= 4 is 5.91 Å². The standard InChI is InChI=1S/C21H29N3O2/c1-16-7-4-5-9-19(16)20(23(2)3)21(25)22-17-10-12-24(13-11-17)15-18-8-6-14-26-18/h4-9,14,17,20H,10-13,15H2,1-3H3,(H,22,25)/t20-/m0/s1. The van der Waals surface area contributed by atoms with E-state index in [2.05, 4.69) is 23.2 Å². The summed E-state index contributed by atoms with van der Waals surface area (Å²) in [5.41, 5.74) is 2.22. The largest absolute Gasteiger partial charge is 0.468 e. The second-order valence-electron chi connectivity index (χ2n) is 7.36. The molecule has 0 saturated carbocycles. The van der Waals surface area contributed by atoms with Gasteiger partial charge >= 0.3 is 0 Å². The molecule has 0 spiro atoms. The van der Waals surface area contributed by atoms with Crippen LogP contribution in [0.2, 0.25) is 0 Å². The number of benzene rings is 1. The van der Waals surface area contributed by atoms with Crippen molar-refractivity contribution in [1.82, 2.24) is 15.1 Å². The van der Waals surface area contributed by atoms with E-state index in [1.165, 1.54) is 0 Å². The summed E-state index contributed by atoms with van der Waals surface area (Å²) >= 11 is 0. The SMILES string of the molecule is Cc1ccccc1[C@@H](C(=O)NC1CCN(Cc2ccco2)CC1)N(C)C. The third kappa shape index (κ3) is 4.54. The average molecular weight is 355 g/mol. The lowest BCUT2D eigenvalue weighted by molar-refractivity contribution is -0.126. The number of carbonyl (C=O) groups is 1. The molecule has 0 unspecified atom stereocenters. The van der Waals surface area contributed by atoms with E-state index >= 15 is 0 Å². The topological polar surface area (TPSA) is 48.7 Å². The number of hydrogen-bond donors (Lipinski definition) is 1. The van der Waals surface area contributed by atoms with E-state index in [9.17, 15) is 4.79 Å². The maximum Gasteiger partial charge on any atom is 0.242 e. The van der Waals surface area contributed by atoms with Gasteiger partial charge in [-0.15, -0.1) is 0 Å². The molecule has 1 aliphatic rings. The third-order valence-corrected chi connectivity index (χ3v) is 5.14. The first-order valence-electron chi connectivity index (χ1n) is 9.31. The number of nitrogens with zero attached hydrogens (tertiary/aromatic N) is 2. The average Bonchev–Trinajstić information content (AvgIpc) is 3.11. The zero-order valence-corrected chi connectivity index (χ0v) is 15.9. The van der Waals surface area contributed by atoms with Gasteiger partial charge in [0.1, 0.15) is 11.8 Å². The van der Waals surface area contributed by atoms with Crippen LogP contribution in [0.5, 0.6) is 0 Å². The third-order valence-electron chi connectivity index (χ3n) is 5.14. The quantitative estimate of drug-likeness (QED) is 0.865. The summed E-state index contributed by atoms with van der Waals surface area (Å²) in [4.78, 5) is 17.3. The number of furan rings is 1. The van der Waals surface area contributed by atoms with Crippen LogP contribution in [-0.2, 0) is 11.3 Å². The predicted molar refractivity (Wildman–Crippen MR) is 103 cm³/mol. The van der Waals surface area contributed by atoms with Crippen molar-refractivity contribution in [3.8, 4) is 0 Å². The van der Waals surface area contributed by atoms with Gasteiger partial charge in [0.25, 0.3) is 0 Å². The normalized spacial score (nSPS) is 17.4. The molecule has 2 heterocycles. The lowest BCUT2D eigenvalue weighted by Crippen LogP contribution is -2.47. The summed E-state index contributed by atoms with van der Waals surface area (Å²) in [6.45, 7) is 4.86. The van der Waals surface area contributed by atoms with Gasteiger partial charge in [-0.2, -0.15) is 0 Å². The van der Waals surface area contributed by atoms with E-state index in [0.29, 0.717) is 0 Å². The van der Waals surface area contributed by atoms with Gasteiger partial charge in [-0.25, -0.2) is 0 Å². The molecule has 0 bridgehead atoms. The lowest BCUT2D eigenvalue weighted by atomic mass is 9.98. The minimum absolute atomic E-state index is 0.0915. The number of amides is 1. The van der Waals surface area contributed by atoms with Gasteiger partial charge in [-0.1, -0.05) is 24.3 Å². The summed E-state index contributed by atoms with van der Waals surface area (Å²) in [5, 5.41) is 3.27. The molecule has 1 aromatic carbocycles.